The van der Waals surface area contributed by atoms with Gasteiger partial charge in [0.15, 0.2) is 5.96 Å². The molecular weight excluding hydrogens is 564 g/mol. The van der Waals surface area contributed by atoms with E-state index in [4.69, 9.17) is 11.5 Å². The number of fused-ring (bicyclic) bond motifs is 1. The summed E-state index contributed by atoms with van der Waals surface area (Å²) >= 11 is 0. The maximum Gasteiger partial charge on any atom is 0.249 e. The van der Waals surface area contributed by atoms with Crippen molar-refractivity contribution in [2.75, 3.05) is 13.1 Å². The smallest absolute Gasteiger partial charge is 0.249 e. The molecule has 12 nitrogen and oxygen atoms in total. The monoisotopic (exact) mass is 608 g/mol. The van der Waals surface area contributed by atoms with Crippen LogP contribution >= 0.6 is 0 Å². The van der Waals surface area contributed by atoms with E-state index in [-0.39, 0.29) is 42.4 Å². The molecule has 1 heterocycles. The number of aromatic hydroxyl groups is 1. The number of phenolic OH excluding ortho intramolecular Hbond substituents is 1. The van der Waals surface area contributed by atoms with Gasteiger partial charge in [-0.2, -0.15) is 0 Å². The van der Waals surface area contributed by atoms with E-state index in [9.17, 15) is 29.7 Å². The number of phenols is 1. The highest BCUT2D eigenvalue weighted by Gasteiger charge is 2.50. The number of aliphatic hydroxyl groups is 2. The number of aliphatic imine (C=N–C) groups is 1. The first kappa shape index (κ1) is 32.7. The second-order valence-electron chi connectivity index (χ2n) is 11.7. The molecule has 2 fully saturated rings. The molecule has 0 spiro atoms. The number of rotatable bonds is 13. The number of nitrogens with two attached hydrogens (primary N) is 2. The van der Waals surface area contributed by atoms with Gasteiger partial charge in [-0.05, 0) is 67.7 Å². The molecule has 0 bridgehead atoms. The molecule has 0 unspecified atom stereocenters. The Kier molecular flexibility index (Phi) is 11.6. The first-order chi connectivity index (χ1) is 21.1. The third-order valence-electron chi connectivity index (χ3n) is 8.45. The molecule has 0 aromatic heterocycles. The van der Waals surface area contributed by atoms with Gasteiger partial charge in [0.25, 0.3) is 0 Å². The zero-order valence-corrected chi connectivity index (χ0v) is 24.8. The number of likely N-dealkylation sites (tertiary alicyclic amines) is 1. The molecule has 1 aliphatic heterocycles. The molecule has 6 atom stereocenters. The summed E-state index contributed by atoms with van der Waals surface area (Å²) in [6.45, 7) is 0.844. The summed E-state index contributed by atoms with van der Waals surface area (Å²) in [7, 11) is 0. The molecule has 238 valence electrons. The number of guanidine groups is 1. The molecule has 1 saturated heterocycles. The van der Waals surface area contributed by atoms with Crippen LogP contribution in [0.4, 0.5) is 0 Å². The highest BCUT2D eigenvalue weighted by Crippen LogP contribution is 2.40. The fourth-order valence-corrected chi connectivity index (χ4v) is 6.21. The van der Waals surface area contributed by atoms with Gasteiger partial charge in [-0.25, -0.2) is 0 Å². The van der Waals surface area contributed by atoms with E-state index in [1.807, 2.05) is 30.3 Å². The maximum absolute atomic E-state index is 14.4. The third-order valence-corrected chi connectivity index (χ3v) is 8.45. The Morgan fingerprint density at radius 1 is 0.955 bits per heavy atom. The predicted molar refractivity (Wildman–Crippen MR) is 165 cm³/mol. The second kappa shape index (κ2) is 15.5. The Morgan fingerprint density at radius 2 is 1.66 bits per heavy atom. The van der Waals surface area contributed by atoms with Gasteiger partial charge in [-0.1, -0.05) is 42.5 Å². The van der Waals surface area contributed by atoms with Crippen LogP contribution in [0.25, 0.3) is 0 Å². The van der Waals surface area contributed by atoms with Crippen molar-refractivity contribution in [2.24, 2.45) is 22.4 Å². The molecule has 12 heteroatoms. The van der Waals surface area contributed by atoms with Gasteiger partial charge in [0, 0.05) is 32.0 Å². The van der Waals surface area contributed by atoms with E-state index < -0.39 is 36.1 Å². The van der Waals surface area contributed by atoms with Crippen molar-refractivity contribution in [3.05, 3.63) is 65.7 Å². The van der Waals surface area contributed by atoms with Crippen LogP contribution in [0, 0.1) is 5.92 Å². The largest absolute Gasteiger partial charge is 0.508 e. The molecule has 44 heavy (non-hydrogen) atoms. The van der Waals surface area contributed by atoms with Crippen LogP contribution in [-0.4, -0.2) is 87.3 Å². The molecule has 9 N–H and O–H groups in total. The van der Waals surface area contributed by atoms with Crippen LogP contribution in [0.2, 0.25) is 0 Å². The molecule has 1 saturated carbocycles. The van der Waals surface area contributed by atoms with Crippen molar-refractivity contribution in [2.45, 2.75) is 81.7 Å². The minimum Gasteiger partial charge on any atom is -0.508 e. The summed E-state index contributed by atoms with van der Waals surface area (Å²) in [5, 5.41) is 36.5. The summed E-state index contributed by atoms with van der Waals surface area (Å²) < 4.78 is 0. The van der Waals surface area contributed by atoms with Gasteiger partial charge in [-0.3, -0.25) is 19.4 Å². The van der Waals surface area contributed by atoms with Gasteiger partial charge in [0.1, 0.15) is 23.9 Å². The number of nitrogens with one attached hydrogen (secondary N) is 2. The lowest BCUT2D eigenvalue weighted by molar-refractivity contribution is -0.145. The highest BCUT2D eigenvalue weighted by atomic mass is 16.3. The zero-order chi connectivity index (χ0) is 31.6. The summed E-state index contributed by atoms with van der Waals surface area (Å²) in [6, 6.07) is 13.3. The van der Waals surface area contributed by atoms with E-state index in [0.29, 0.717) is 57.2 Å². The van der Waals surface area contributed by atoms with Crippen LogP contribution in [0.5, 0.6) is 5.75 Å². The van der Waals surface area contributed by atoms with Gasteiger partial charge >= 0.3 is 0 Å². The summed E-state index contributed by atoms with van der Waals surface area (Å²) in [4.78, 5) is 46.6. The molecule has 0 radical (unpaired) electrons. The van der Waals surface area contributed by atoms with Crippen molar-refractivity contribution in [1.82, 2.24) is 15.5 Å². The van der Waals surface area contributed by atoms with Crippen molar-refractivity contribution >= 4 is 23.7 Å². The van der Waals surface area contributed by atoms with Crippen molar-refractivity contribution in [1.29, 1.82) is 0 Å². The van der Waals surface area contributed by atoms with E-state index in [1.54, 1.807) is 17.0 Å². The summed E-state index contributed by atoms with van der Waals surface area (Å²) in [5.41, 5.74) is 12.2. The molecule has 2 aromatic rings. The van der Waals surface area contributed by atoms with Gasteiger partial charge in [0.2, 0.25) is 17.7 Å². The normalized spacial score (nSPS) is 22.4. The Hall–Kier alpha value is -4.16. The number of carbonyl (C=O) groups excluding carboxylic acids is 3. The minimum atomic E-state index is -1.44. The van der Waals surface area contributed by atoms with Crippen LogP contribution < -0.4 is 22.1 Å². The van der Waals surface area contributed by atoms with E-state index >= 15 is 0 Å². The Labute approximate surface area is 257 Å². The third kappa shape index (κ3) is 8.93. The standard InChI is InChI=1S/C32H44N6O6/c33-32(34)36-15-5-4-14-35-29(42)27-18-22-10-13-24(40)19-26(22)38(27)31(44)25(16-20-6-2-1-3-7-20)37-30(43)28(41)17-21-8-11-23(39)12-9-21/h1-3,6-9,11-12,22,24-28,39-41H,4-5,10,13-19H2,(H,35,42)(H,37,43)(H4,33,34,36)/t22-,24+,25+,26-,27-,28+/m0/s1. The van der Waals surface area contributed by atoms with Crippen molar-refractivity contribution in [3.63, 3.8) is 0 Å². The van der Waals surface area contributed by atoms with E-state index in [0.717, 1.165) is 5.56 Å². The predicted octanol–water partition coefficient (Wildman–Crippen LogP) is 0.323. The number of hydrogen-bond acceptors (Lipinski definition) is 7. The molecule has 3 amide bonds. The van der Waals surface area contributed by atoms with Crippen LogP contribution in [-0.2, 0) is 27.2 Å². The average Bonchev–Trinajstić information content (AvgIpc) is 3.38. The second-order valence-corrected chi connectivity index (χ2v) is 11.7. The van der Waals surface area contributed by atoms with Gasteiger partial charge < -0.3 is 42.3 Å². The SMILES string of the molecule is NC(N)=NCCCCNC(=O)[C@@H]1C[C@@H]2CC[C@@H](O)C[C@@H]2N1C(=O)[C@@H](Cc1ccccc1)NC(=O)[C@H](O)Cc1ccc(O)cc1. The average molecular weight is 609 g/mol. The van der Waals surface area contributed by atoms with Crippen molar-refractivity contribution in [3.8, 4) is 5.75 Å². The lowest BCUT2D eigenvalue weighted by atomic mass is 9.83. The Bertz CT molecular complexity index is 1290. The lowest BCUT2D eigenvalue weighted by Gasteiger charge is -2.37. The van der Waals surface area contributed by atoms with Crippen molar-refractivity contribution < 1.29 is 29.7 Å². The Balaban J connectivity index is 1.51. The zero-order valence-electron chi connectivity index (χ0n) is 24.8. The van der Waals surface area contributed by atoms with E-state index in [2.05, 4.69) is 15.6 Å². The van der Waals surface area contributed by atoms with Gasteiger partial charge in [0.05, 0.1) is 6.10 Å². The lowest BCUT2D eigenvalue weighted by Crippen LogP contribution is -2.58. The topological polar surface area (TPSA) is 204 Å². The number of amides is 3. The molecule has 2 aromatic carbocycles. The molecule has 1 aliphatic carbocycles. The van der Waals surface area contributed by atoms with E-state index in [1.165, 1.54) is 12.1 Å². The van der Waals surface area contributed by atoms with Crippen LogP contribution in [0.3, 0.4) is 0 Å². The number of aliphatic hydroxyl groups excluding tert-OH is 2. The first-order valence-electron chi connectivity index (χ1n) is 15.3. The minimum absolute atomic E-state index is 0.00676. The first-order valence-corrected chi connectivity index (χ1v) is 15.3. The fourth-order valence-electron chi connectivity index (χ4n) is 6.21. The quantitative estimate of drug-likeness (QED) is 0.0956. The molecular formula is C32H44N6O6. The number of hydrogen-bond donors (Lipinski definition) is 7. The number of nitrogens with zero attached hydrogens (tertiary/aromatic N) is 2. The van der Waals surface area contributed by atoms with Crippen LogP contribution in [0.1, 0.15) is 49.7 Å². The van der Waals surface area contributed by atoms with Gasteiger partial charge in [-0.15, -0.1) is 0 Å². The maximum atomic E-state index is 14.4. The van der Waals surface area contributed by atoms with Crippen LogP contribution in [0.15, 0.2) is 59.6 Å². The summed E-state index contributed by atoms with van der Waals surface area (Å²) in [6.07, 6.45) is 1.59. The fraction of sp³-hybridized carbons (Fsp3) is 0.500. The number of carbonyl (C=O) groups is 3. The Morgan fingerprint density at radius 3 is 2.36 bits per heavy atom. The molecule has 4 rings (SSSR count). The highest BCUT2D eigenvalue weighted by molar-refractivity contribution is 5.94. The number of unbranched alkanes of at least 4 members (excludes halogenated alkanes) is 1. The molecule has 2 aliphatic rings. The number of benzene rings is 2. The summed E-state index contributed by atoms with van der Waals surface area (Å²) in [5.74, 6) is -1.28.